The maximum Gasteiger partial charge on any atom is 0.259 e. The van der Waals surface area contributed by atoms with E-state index in [0.717, 1.165) is 8.95 Å². The Morgan fingerprint density at radius 3 is 2.72 bits per heavy atom. The van der Waals surface area contributed by atoms with Crippen molar-refractivity contribution in [3.63, 3.8) is 0 Å². The number of amides is 1. The van der Waals surface area contributed by atoms with Crippen LogP contribution in [0.3, 0.4) is 0 Å². The van der Waals surface area contributed by atoms with Crippen LogP contribution in [-0.2, 0) is 0 Å². The fraction of sp³-hybridized carbons (Fsp3) is 0. The molecule has 1 aromatic heterocycles. The summed E-state index contributed by atoms with van der Waals surface area (Å²) in [6.45, 7) is 0. The Kier molecular flexibility index (Phi) is 3.98. The molecule has 1 amide bonds. The Hall–Kier alpha value is -1.40. The Morgan fingerprint density at radius 1 is 1.28 bits per heavy atom. The minimum Gasteiger partial charge on any atom is -0.383 e. The van der Waals surface area contributed by atoms with Gasteiger partial charge in [0, 0.05) is 15.1 Å². The van der Waals surface area contributed by atoms with Crippen LogP contribution in [0.1, 0.15) is 10.4 Å². The zero-order valence-corrected chi connectivity index (χ0v) is 12.3. The lowest BCUT2D eigenvalue weighted by Gasteiger charge is -2.08. The highest BCUT2D eigenvalue weighted by atomic mass is 79.9. The summed E-state index contributed by atoms with van der Waals surface area (Å²) < 4.78 is 1.71. The molecule has 3 N–H and O–H groups in total. The number of nitrogens with one attached hydrogen (secondary N) is 1. The van der Waals surface area contributed by atoms with Crippen molar-refractivity contribution in [3.05, 3.63) is 51.0 Å². The van der Waals surface area contributed by atoms with Gasteiger partial charge in [-0.05, 0) is 46.3 Å². The van der Waals surface area contributed by atoms with Gasteiger partial charge in [-0.1, -0.05) is 15.9 Å². The lowest BCUT2D eigenvalue weighted by Crippen LogP contribution is -2.14. The molecule has 0 saturated heterocycles. The zero-order chi connectivity index (χ0) is 13.1. The Labute approximate surface area is 121 Å². The first-order valence-corrected chi connectivity index (χ1v) is 6.63. The van der Waals surface area contributed by atoms with Crippen molar-refractivity contribution >= 4 is 49.3 Å². The summed E-state index contributed by atoms with van der Waals surface area (Å²) in [6, 6.07) is 8.78. The number of carbonyl (C=O) groups excluding carboxylic acids is 1. The normalized spacial score (nSPS) is 10.1. The number of nitrogens with zero attached hydrogens (tertiary/aromatic N) is 1. The Morgan fingerprint density at radius 2 is 2.06 bits per heavy atom. The number of aromatic nitrogens is 1. The maximum atomic E-state index is 12.0. The second kappa shape index (κ2) is 5.49. The lowest BCUT2D eigenvalue weighted by molar-refractivity contribution is 0.102. The third-order valence-corrected chi connectivity index (χ3v) is 3.41. The molecule has 4 nitrogen and oxygen atoms in total. The van der Waals surface area contributed by atoms with E-state index in [1.165, 1.54) is 0 Å². The molecule has 0 spiro atoms. The molecular weight excluding hydrogens is 362 g/mol. The van der Waals surface area contributed by atoms with Crippen LogP contribution in [0.4, 0.5) is 11.5 Å². The second-order valence-electron chi connectivity index (χ2n) is 3.51. The van der Waals surface area contributed by atoms with E-state index in [4.69, 9.17) is 5.73 Å². The molecule has 1 aromatic carbocycles. The topological polar surface area (TPSA) is 68.0 Å². The van der Waals surface area contributed by atoms with Crippen LogP contribution in [0.25, 0.3) is 0 Å². The van der Waals surface area contributed by atoms with Gasteiger partial charge in [-0.25, -0.2) is 4.98 Å². The van der Waals surface area contributed by atoms with Crippen LogP contribution in [-0.4, -0.2) is 10.9 Å². The number of hydrogen-bond acceptors (Lipinski definition) is 3. The van der Waals surface area contributed by atoms with E-state index in [1.807, 2.05) is 12.1 Å². The van der Waals surface area contributed by atoms with Gasteiger partial charge in [0.25, 0.3) is 5.91 Å². The number of hydrogen-bond donors (Lipinski definition) is 2. The monoisotopic (exact) mass is 369 g/mol. The van der Waals surface area contributed by atoms with Crippen LogP contribution in [0.2, 0.25) is 0 Å². The molecule has 0 saturated carbocycles. The number of rotatable bonds is 2. The molecule has 0 bridgehead atoms. The number of carbonyl (C=O) groups is 1. The predicted octanol–water partition coefficient (Wildman–Crippen LogP) is 3.44. The van der Waals surface area contributed by atoms with E-state index in [0.29, 0.717) is 11.3 Å². The van der Waals surface area contributed by atoms with Crippen LogP contribution in [0, 0.1) is 0 Å². The maximum absolute atomic E-state index is 12.0. The van der Waals surface area contributed by atoms with Gasteiger partial charge in [0.15, 0.2) is 0 Å². The van der Waals surface area contributed by atoms with E-state index >= 15 is 0 Å². The summed E-state index contributed by atoms with van der Waals surface area (Å²) in [4.78, 5) is 15.9. The summed E-state index contributed by atoms with van der Waals surface area (Å²) >= 11 is 6.72. The minimum atomic E-state index is -0.288. The highest BCUT2D eigenvalue weighted by Crippen LogP contribution is 2.26. The molecule has 92 valence electrons. The molecule has 1 heterocycles. The van der Waals surface area contributed by atoms with E-state index < -0.39 is 0 Å². The first-order valence-electron chi connectivity index (χ1n) is 5.05. The largest absolute Gasteiger partial charge is 0.383 e. The molecule has 0 aliphatic heterocycles. The van der Waals surface area contributed by atoms with Crippen molar-refractivity contribution in [3.8, 4) is 0 Å². The first-order chi connectivity index (χ1) is 8.58. The van der Waals surface area contributed by atoms with Crippen LogP contribution >= 0.6 is 31.9 Å². The number of nitrogen functional groups attached to an aromatic ring is 1. The lowest BCUT2D eigenvalue weighted by atomic mass is 10.2. The van der Waals surface area contributed by atoms with E-state index in [2.05, 4.69) is 42.2 Å². The Balaban J connectivity index is 2.24. The summed E-state index contributed by atoms with van der Waals surface area (Å²) in [6.07, 6.45) is 1.54. The number of nitrogens with two attached hydrogens (primary N) is 1. The number of anilines is 2. The molecule has 2 rings (SSSR count). The van der Waals surface area contributed by atoms with Crippen molar-refractivity contribution in [1.29, 1.82) is 0 Å². The van der Waals surface area contributed by atoms with Gasteiger partial charge in [0.1, 0.15) is 5.82 Å². The fourth-order valence-corrected chi connectivity index (χ4v) is 2.54. The molecule has 0 aliphatic carbocycles. The van der Waals surface area contributed by atoms with Gasteiger partial charge in [-0.2, -0.15) is 0 Å². The van der Waals surface area contributed by atoms with Gasteiger partial charge in [-0.15, -0.1) is 0 Å². The van der Waals surface area contributed by atoms with Gasteiger partial charge in [0.05, 0.1) is 11.3 Å². The van der Waals surface area contributed by atoms with Crippen LogP contribution in [0.5, 0.6) is 0 Å². The van der Waals surface area contributed by atoms with E-state index in [1.54, 1.807) is 24.4 Å². The van der Waals surface area contributed by atoms with Crippen LogP contribution in [0.15, 0.2) is 45.5 Å². The van der Waals surface area contributed by atoms with Gasteiger partial charge in [0.2, 0.25) is 0 Å². The number of pyridine rings is 1. The molecule has 2 aromatic rings. The van der Waals surface area contributed by atoms with Gasteiger partial charge in [-0.3, -0.25) is 4.79 Å². The van der Waals surface area contributed by atoms with Gasteiger partial charge < -0.3 is 11.1 Å². The summed E-state index contributed by atoms with van der Waals surface area (Å²) in [7, 11) is 0. The molecule has 0 unspecified atom stereocenters. The Bertz CT molecular complexity index is 602. The summed E-state index contributed by atoms with van der Waals surface area (Å²) in [5.41, 5.74) is 6.67. The molecular formula is C12H9Br2N3O. The second-order valence-corrected chi connectivity index (χ2v) is 5.28. The predicted molar refractivity (Wildman–Crippen MR) is 78.4 cm³/mol. The van der Waals surface area contributed by atoms with Crippen molar-refractivity contribution in [1.82, 2.24) is 4.98 Å². The minimum absolute atomic E-state index is 0.211. The smallest absolute Gasteiger partial charge is 0.259 e. The standard InChI is InChI=1S/C12H9Br2N3O/c13-7-3-4-10(9(14)6-7)17-12(18)8-2-1-5-16-11(8)15/h1-6H,(H2,15,16)(H,17,18). The molecule has 18 heavy (non-hydrogen) atoms. The van der Waals surface area contributed by atoms with E-state index in [-0.39, 0.29) is 11.7 Å². The highest BCUT2D eigenvalue weighted by Gasteiger charge is 2.11. The third kappa shape index (κ3) is 2.88. The third-order valence-electron chi connectivity index (χ3n) is 2.26. The zero-order valence-electron chi connectivity index (χ0n) is 9.15. The number of halogens is 2. The SMILES string of the molecule is Nc1ncccc1C(=O)Nc1ccc(Br)cc1Br. The number of benzene rings is 1. The quantitative estimate of drug-likeness (QED) is 0.850. The summed E-state index contributed by atoms with van der Waals surface area (Å²) in [5.74, 6) is -0.0770. The molecule has 0 radical (unpaired) electrons. The summed E-state index contributed by atoms with van der Waals surface area (Å²) in [5, 5.41) is 2.77. The van der Waals surface area contributed by atoms with Crippen molar-refractivity contribution < 1.29 is 4.79 Å². The van der Waals surface area contributed by atoms with Crippen LogP contribution < -0.4 is 11.1 Å². The fourth-order valence-electron chi connectivity index (χ4n) is 1.39. The molecule has 0 aliphatic rings. The van der Waals surface area contributed by atoms with E-state index in [9.17, 15) is 4.79 Å². The molecule has 0 fully saturated rings. The van der Waals surface area contributed by atoms with Crippen molar-refractivity contribution in [2.24, 2.45) is 0 Å². The average Bonchev–Trinajstić information content (AvgIpc) is 2.33. The highest BCUT2D eigenvalue weighted by molar-refractivity contribution is 9.11. The van der Waals surface area contributed by atoms with Crippen molar-refractivity contribution in [2.45, 2.75) is 0 Å². The molecule has 0 atom stereocenters. The van der Waals surface area contributed by atoms with Crippen molar-refractivity contribution in [2.75, 3.05) is 11.1 Å². The van der Waals surface area contributed by atoms with Gasteiger partial charge >= 0.3 is 0 Å². The average molecular weight is 371 g/mol. The molecule has 6 heteroatoms. The first kappa shape index (κ1) is 13.0.